The number of anilines is 3. The fourth-order valence-electron chi connectivity index (χ4n) is 5.17. The lowest BCUT2D eigenvalue weighted by molar-refractivity contribution is 0.118. The Kier molecular flexibility index (Phi) is 9.14. The quantitative estimate of drug-likeness (QED) is 0.546. The molecule has 7 heterocycles. The largest absolute Gasteiger partial charge is 0.396 e. The molecule has 0 spiro atoms. The first-order valence-corrected chi connectivity index (χ1v) is 13.8. The van der Waals surface area contributed by atoms with Gasteiger partial charge in [0, 0.05) is 95.4 Å². The van der Waals surface area contributed by atoms with Crippen molar-refractivity contribution in [3.05, 3.63) is 60.6 Å². The number of nitrogens with zero attached hydrogens (tertiary/aromatic N) is 7. The molecule has 5 aliphatic rings. The molecule has 0 aliphatic carbocycles. The number of likely N-dealkylation sites (N-methyl/N-ethyl adjacent to an activating group) is 1. The van der Waals surface area contributed by atoms with E-state index in [0.29, 0.717) is 12.4 Å². The molecule has 5 aliphatic heterocycles. The van der Waals surface area contributed by atoms with E-state index in [-0.39, 0.29) is 6.61 Å². The van der Waals surface area contributed by atoms with Crippen molar-refractivity contribution in [2.75, 3.05) is 82.8 Å². The van der Waals surface area contributed by atoms with Gasteiger partial charge in [0.05, 0.1) is 0 Å². The second-order valence-electron chi connectivity index (χ2n) is 10.4. The predicted octanol–water partition coefficient (Wildman–Crippen LogP) is 2.92. The van der Waals surface area contributed by atoms with Crippen molar-refractivity contribution in [3.63, 3.8) is 0 Å². The van der Waals surface area contributed by atoms with Gasteiger partial charge in [0.25, 0.3) is 0 Å². The number of aliphatic hydroxyl groups excluding tert-OH is 1. The number of pyridine rings is 1. The van der Waals surface area contributed by atoms with E-state index in [0.717, 1.165) is 94.5 Å². The van der Waals surface area contributed by atoms with Crippen molar-refractivity contribution < 1.29 is 5.11 Å². The van der Waals surface area contributed by atoms with E-state index in [4.69, 9.17) is 9.97 Å². The molecule has 0 radical (unpaired) electrons. The van der Waals surface area contributed by atoms with Crippen LogP contribution < -0.4 is 10.2 Å². The minimum absolute atomic E-state index is 0.164. The van der Waals surface area contributed by atoms with Gasteiger partial charge in [0.1, 0.15) is 5.82 Å². The van der Waals surface area contributed by atoms with Crippen LogP contribution in [0.5, 0.6) is 0 Å². The van der Waals surface area contributed by atoms with Gasteiger partial charge in [-0.2, -0.15) is 0 Å². The zero-order valence-electron chi connectivity index (χ0n) is 22.5. The Morgan fingerprint density at radius 3 is 2.45 bits per heavy atom. The average molecular weight is 517 g/mol. The van der Waals surface area contributed by atoms with Gasteiger partial charge < -0.3 is 20.2 Å². The Morgan fingerprint density at radius 2 is 1.63 bits per heavy atom. The van der Waals surface area contributed by atoms with Gasteiger partial charge in [0.15, 0.2) is 0 Å². The number of piperazine rings is 1. The van der Waals surface area contributed by atoms with Crippen LogP contribution in [0.3, 0.4) is 0 Å². The molecule has 1 saturated heterocycles. The lowest BCUT2D eigenvalue weighted by atomic mass is 10.1. The maximum atomic E-state index is 9.42. The van der Waals surface area contributed by atoms with Crippen molar-refractivity contribution in [1.29, 1.82) is 0 Å². The molecule has 8 bridgehead atoms. The normalized spacial score (nSPS) is 21.3. The molecule has 2 aromatic heterocycles. The number of rotatable bonds is 3. The SMILES string of the molecule is CN1CCCN(CCCO)c2ncc(cn2)-c2ccnc(c2)Nc2cccc(c2)CN2CCN(CC1)CC2. The molecule has 0 unspecified atom stereocenters. The minimum Gasteiger partial charge on any atom is -0.396 e. The summed E-state index contributed by atoms with van der Waals surface area (Å²) in [5.74, 6) is 1.51. The van der Waals surface area contributed by atoms with E-state index in [1.54, 1.807) is 0 Å². The van der Waals surface area contributed by atoms with Crippen LogP contribution in [-0.4, -0.2) is 107 Å². The third-order valence-electron chi connectivity index (χ3n) is 7.44. The monoisotopic (exact) mass is 516 g/mol. The topological polar surface area (TPSA) is 83.9 Å². The van der Waals surface area contributed by atoms with E-state index in [1.165, 1.54) is 5.56 Å². The summed E-state index contributed by atoms with van der Waals surface area (Å²) in [4.78, 5) is 23.7. The molecule has 202 valence electrons. The number of hydrogen-bond donors (Lipinski definition) is 2. The van der Waals surface area contributed by atoms with Crippen molar-refractivity contribution in [3.8, 4) is 11.1 Å². The van der Waals surface area contributed by atoms with Crippen LogP contribution >= 0.6 is 0 Å². The Balaban J connectivity index is 1.38. The smallest absolute Gasteiger partial charge is 0.225 e. The molecule has 0 atom stereocenters. The lowest BCUT2D eigenvalue weighted by Gasteiger charge is -2.35. The number of aliphatic hydroxyl groups is 1. The summed E-state index contributed by atoms with van der Waals surface area (Å²) >= 11 is 0. The van der Waals surface area contributed by atoms with Crippen LogP contribution in [0.1, 0.15) is 18.4 Å². The molecule has 1 fully saturated rings. The summed E-state index contributed by atoms with van der Waals surface area (Å²) in [6, 6.07) is 12.7. The van der Waals surface area contributed by atoms with E-state index >= 15 is 0 Å². The molecular formula is C29H40N8O. The maximum Gasteiger partial charge on any atom is 0.225 e. The first kappa shape index (κ1) is 26.5. The van der Waals surface area contributed by atoms with Gasteiger partial charge in [-0.1, -0.05) is 12.1 Å². The van der Waals surface area contributed by atoms with Gasteiger partial charge in [-0.05, 0) is 61.8 Å². The van der Waals surface area contributed by atoms with E-state index < -0.39 is 0 Å². The number of benzene rings is 1. The standard InChI is InChI=1S/C29H40N8O/c1-34-9-3-10-37(11-4-18-38)29-31-21-26(22-32-29)25-7-8-30-28(20-25)33-27-6-2-5-24(19-27)23-36-16-14-35(13-12-34)15-17-36/h2,5-8,19-22,38H,3-4,9-18,23H2,1H3,(H,30,33). The molecule has 38 heavy (non-hydrogen) atoms. The highest BCUT2D eigenvalue weighted by molar-refractivity contribution is 5.68. The highest BCUT2D eigenvalue weighted by Gasteiger charge is 2.18. The van der Waals surface area contributed by atoms with Gasteiger partial charge in [0.2, 0.25) is 5.95 Å². The summed E-state index contributed by atoms with van der Waals surface area (Å²) < 4.78 is 0. The Bertz CT molecular complexity index is 1150. The second-order valence-corrected chi connectivity index (χ2v) is 10.4. The zero-order valence-corrected chi connectivity index (χ0v) is 22.5. The second kappa shape index (κ2) is 13.1. The molecule has 9 heteroatoms. The van der Waals surface area contributed by atoms with Crippen LogP contribution in [0.15, 0.2) is 55.0 Å². The molecule has 2 N–H and O–H groups in total. The van der Waals surface area contributed by atoms with Crippen molar-refractivity contribution in [2.45, 2.75) is 19.4 Å². The highest BCUT2D eigenvalue weighted by Crippen LogP contribution is 2.24. The summed E-state index contributed by atoms with van der Waals surface area (Å²) in [6.45, 7) is 10.4. The Morgan fingerprint density at radius 1 is 0.842 bits per heavy atom. The number of nitrogens with one attached hydrogen (secondary N) is 1. The molecular weight excluding hydrogens is 476 g/mol. The van der Waals surface area contributed by atoms with Crippen molar-refractivity contribution in [1.82, 2.24) is 29.7 Å². The average Bonchev–Trinajstić information content (AvgIpc) is 2.94. The van der Waals surface area contributed by atoms with Gasteiger partial charge in [-0.3, -0.25) is 9.80 Å². The fraction of sp³-hybridized carbons (Fsp3) is 0.483. The van der Waals surface area contributed by atoms with Crippen LogP contribution in [0.25, 0.3) is 11.1 Å². The summed E-state index contributed by atoms with van der Waals surface area (Å²) in [5.41, 5.74) is 4.32. The van der Waals surface area contributed by atoms with Crippen LogP contribution in [0.4, 0.5) is 17.5 Å². The molecule has 9 nitrogen and oxygen atoms in total. The predicted molar refractivity (Wildman–Crippen MR) is 153 cm³/mol. The highest BCUT2D eigenvalue weighted by atomic mass is 16.3. The molecule has 0 amide bonds. The van der Waals surface area contributed by atoms with E-state index in [2.05, 4.69) is 61.2 Å². The third-order valence-corrected chi connectivity index (χ3v) is 7.44. The zero-order chi connectivity index (χ0) is 26.2. The molecule has 1 aromatic carbocycles. The molecule has 3 aromatic rings. The van der Waals surface area contributed by atoms with Crippen molar-refractivity contribution in [2.24, 2.45) is 0 Å². The first-order chi connectivity index (χ1) is 18.7. The van der Waals surface area contributed by atoms with Gasteiger partial charge in [-0.25, -0.2) is 15.0 Å². The fourth-order valence-corrected chi connectivity index (χ4v) is 5.17. The minimum atomic E-state index is 0.164. The molecule has 8 rings (SSSR count). The summed E-state index contributed by atoms with van der Waals surface area (Å²) in [5, 5.41) is 12.9. The van der Waals surface area contributed by atoms with E-state index in [1.807, 2.05) is 30.7 Å². The van der Waals surface area contributed by atoms with Gasteiger partial charge in [-0.15, -0.1) is 0 Å². The summed E-state index contributed by atoms with van der Waals surface area (Å²) in [6.07, 6.45) is 7.31. The lowest BCUT2D eigenvalue weighted by Crippen LogP contribution is -2.47. The molecule has 0 saturated carbocycles. The first-order valence-electron chi connectivity index (χ1n) is 13.8. The number of hydrogen-bond acceptors (Lipinski definition) is 9. The Labute approximate surface area is 226 Å². The van der Waals surface area contributed by atoms with Crippen LogP contribution in [0, 0.1) is 0 Å². The van der Waals surface area contributed by atoms with Crippen LogP contribution in [-0.2, 0) is 6.54 Å². The number of aromatic nitrogens is 3. The van der Waals surface area contributed by atoms with Gasteiger partial charge >= 0.3 is 0 Å². The third kappa shape index (κ3) is 7.26. The summed E-state index contributed by atoms with van der Waals surface area (Å²) in [7, 11) is 2.21. The van der Waals surface area contributed by atoms with Crippen molar-refractivity contribution >= 4 is 17.5 Å². The maximum absolute atomic E-state index is 9.42. The van der Waals surface area contributed by atoms with Crippen LogP contribution in [0.2, 0.25) is 0 Å². The van der Waals surface area contributed by atoms with E-state index in [9.17, 15) is 5.11 Å². The Hall–Kier alpha value is -3.11.